The van der Waals surface area contributed by atoms with Crippen molar-refractivity contribution in [2.24, 2.45) is 0 Å². The number of carbonyl (C=O) groups is 2. The van der Waals surface area contributed by atoms with Gasteiger partial charge in [0.05, 0.1) is 6.54 Å². The van der Waals surface area contributed by atoms with Gasteiger partial charge in [0, 0.05) is 25.6 Å². The number of nitrogens with one attached hydrogen (secondary N) is 2. The molecule has 0 unspecified atom stereocenters. The van der Waals surface area contributed by atoms with E-state index < -0.39 is 0 Å². The first-order valence-corrected chi connectivity index (χ1v) is 6.59. The Kier molecular flexibility index (Phi) is 8.37. The van der Waals surface area contributed by atoms with E-state index in [4.69, 9.17) is 0 Å². The Labute approximate surface area is 110 Å². The minimum absolute atomic E-state index is 0.0134. The van der Waals surface area contributed by atoms with E-state index in [-0.39, 0.29) is 24.4 Å². The van der Waals surface area contributed by atoms with Crippen LogP contribution in [0.3, 0.4) is 0 Å². The van der Waals surface area contributed by atoms with E-state index in [9.17, 15) is 9.59 Å². The summed E-state index contributed by atoms with van der Waals surface area (Å²) in [6.45, 7) is 8.91. The Bertz CT molecular complexity index is 265. The minimum atomic E-state index is -0.110. The van der Waals surface area contributed by atoms with Crippen LogP contribution >= 0.6 is 0 Å². The molecule has 5 heteroatoms. The maximum Gasteiger partial charge on any atom is 0.239 e. The molecule has 2 N–H and O–H groups in total. The lowest BCUT2D eigenvalue weighted by Gasteiger charge is -2.18. The van der Waals surface area contributed by atoms with E-state index in [1.165, 1.54) is 4.90 Å². The summed E-state index contributed by atoms with van der Waals surface area (Å²) in [5, 5.41) is 6.02. The highest BCUT2D eigenvalue weighted by Gasteiger charge is 2.12. The van der Waals surface area contributed by atoms with Crippen LogP contribution in [0, 0.1) is 0 Å². The molecule has 0 spiro atoms. The Hall–Kier alpha value is -1.10. The van der Waals surface area contributed by atoms with Crippen LogP contribution in [0.15, 0.2) is 0 Å². The molecule has 0 atom stereocenters. The first-order valence-electron chi connectivity index (χ1n) is 6.59. The molecular formula is C13H27N3O2. The molecule has 0 saturated carbocycles. The maximum absolute atomic E-state index is 11.7. The number of carbonyl (C=O) groups excluding carboxylic acids is 2. The van der Waals surface area contributed by atoms with Gasteiger partial charge in [-0.1, -0.05) is 13.8 Å². The van der Waals surface area contributed by atoms with Gasteiger partial charge in [-0.3, -0.25) is 9.59 Å². The number of hydrogen-bond donors (Lipinski definition) is 2. The number of hydrogen-bond acceptors (Lipinski definition) is 3. The van der Waals surface area contributed by atoms with Gasteiger partial charge in [-0.2, -0.15) is 0 Å². The van der Waals surface area contributed by atoms with Crippen LogP contribution < -0.4 is 10.6 Å². The van der Waals surface area contributed by atoms with Crippen molar-refractivity contribution in [3.63, 3.8) is 0 Å². The molecule has 2 amide bonds. The number of nitrogens with zero attached hydrogens (tertiary/aromatic N) is 1. The fourth-order valence-electron chi connectivity index (χ4n) is 1.49. The van der Waals surface area contributed by atoms with Crippen molar-refractivity contribution in [3.8, 4) is 0 Å². The second-order valence-electron chi connectivity index (χ2n) is 5.18. The molecule has 0 saturated heterocycles. The van der Waals surface area contributed by atoms with E-state index in [2.05, 4.69) is 24.5 Å². The summed E-state index contributed by atoms with van der Waals surface area (Å²) in [5.41, 5.74) is 0. The van der Waals surface area contributed by atoms with Gasteiger partial charge in [0.1, 0.15) is 0 Å². The third kappa shape index (κ3) is 8.98. The van der Waals surface area contributed by atoms with Crippen LogP contribution in [0.25, 0.3) is 0 Å². The van der Waals surface area contributed by atoms with Gasteiger partial charge < -0.3 is 15.5 Å². The highest BCUT2D eigenvalue weighted by Crippen LogP contribution is 1.95. The third-order valence-corrected chi connectivity index (χ3v) is 2.38. The standard InChI is InChI=1S/C13H27N3O2/c1-10(2)14-8-6-7-13(18)16(5)9-12(17)15-11(3)4/h10-11,14H,6-9H2,1-5H3,(H,15,17). The lowest BCUT2D eigenvalue weighted by Crippen LogP contribution is -2.41. The summed E-state index contributed by atoms with van der Waals surface area (Å²) in [7, 11) is 1.66. The van der Waals surface area contributed by atoms with Gasteiger partial charge in [-0.25, -0.2) is 0 Å². The zero-order chi connectivity index (χ0) is 14.1. The van der Waals surface area contributed by atoms with Gasteiger partial charge in [0.2, 0.25) is 11.8 Å². The molecule has 0 radical (unpaired) electrons. The molecule has 18 heavy (non-hydrogen) atoms. The van der Waals surface area contributed by atoms with Crippen molar-refractivity contribution in [1.29, 1.82) is 0 Å². The van der Waals surface area contributed by atoms with Crippen LogP contribution in [-0.2, 0) is 9.59 Å². The highest BCUT2D eigenvalue weighted by atomic mass is 16.2. The predicted octanol–water partition coefficient (Wildman–Crippen LogP) is 0.748. The van der Waals surface area contributed by atoms with Crippen molar-refractivity contribution < 1.29 is 9.59 Å². The Balaban J connectivity index is 3.79. The van der Waals surface area contributed by atoms with Gasteiger partial charge in [0.15, 0.2) is 0 Å². The Morgan fingerprint density at radius 1 is 1.11 bits per heavy atom. The molecule has 0 aromatic rings. The molecule has 0 fully saturated rings. The minimum Gasteiger partial charge on any atom is -0.352 e. The molecule has 0 aromatic heterocycles. The highest BCUT2D eigenvalue weighted by molar-refractivity contribution is 5.84. The van der Waals surface area contributed by atoms with Gasteiger partial charge in [-0.05, 0) is 26.8 Å². The van der Waals surface area contributed by atoms with E-state index in [0.717, 1.165) is 13.0 Å². The van der Waals surface area contributed by atoms with Gasteiger partial charge in [0.25, 0.3) is 0 Å². The van der Waals surface area contributed by atoms with Crippen molar-refractivity contribution in [3.05, 3.63) is 0 Å². The van der Waals surface area contributed by atoms with E-state index in [1.807, 2.05) is 13.8 Å². The molecule has 0 rings (SSSR count). The quantitative estimate of drug-likeness (QED) is 0.631. The zero-order valence-corrected chi connectivity index (χ0v) is 12.2. The van der Waals surface area contributed by atoms with Crippen molar-refractivity contribution >= 4 is 11.8 Å². The summed E-state index contributed by atoms with van der Waals surface area (Å²) in [4.78, 5) is 24.7. The predicted molar refractivity (Wildman–Crippen MR) is 73.3 cm³/mol. The second kappa shape index (κ2) is 8.91. The average molecular weight is 257 g/mol. The van der Waals surface area contributed by atoms with Crippen LogP contribution in [-0.4, -0.2) is 48.9 Å². The van der Waals surface area contributed by atoms with Crippen LogP contribution in [0.1, 0.15) is 40.5 Å². The molecule has 0 aliphatic heterocycles. The first kappa shape index (κ1) is 16.9. The number of likely N-dealkylation sites (N-methyl/N-ethyl adjacent to an activating group) is 1. The summed E-state index contributed by atoms with van der Waals surface area (Å²) < 4.78 is 0. The number of amides is 2. The third-order valence-electron chi connectivity index (χ3n) is 2.38. The van der Waals surface area contributed by atoms with Crippen molar-refractivity contribution in [2.75, 3.05) is 20.1 Å². The SMILES string of the molecule is CC(C)NCCCC(=O)N(C)CC(=O)NC(C)C. The Morgan fingerprint density at radius 3 is 2.22 bits per heavy atom. The second-order valence-corrected chi connectivity index (χ2v) is 5.18. The fourth-order valence-corrected chi connectivity index (χ4v) is 1.49. The van der Waals surface area contributed by atoms with Gasteiger partial charge >= 0.3 is 0 Å². The smallest absolute Gasteiger partial charge is 0.239 e. The summed E-state index contributed by atoms with van der Waals surface area (Å²) >= 11 is 0. The van der Waals surface area contributed by atoms with E-state index >= 15 is 0 Å². The van der Waals surface area contributed by atoms with Crippen LogP contribution in [0.2, 0.25) is 0 Å². The van der Waals surface area contributed by atoms with Crippen molar-refractivity contribution in [2.45, 2.75) is 52.6 Å². The molecule has 0 heterocycles. The molecule has 0 aliphatic rings. The zero-order valence-electron chi connectivity index (χ0n) is 12.2. The maximum atomic E-state index is 11.7. The Morgan fingerprint density at radius 2 is 1.72 bits per heavy atom. The average Bonchev–Trinajstić information content (AvgIpc) is 2.22. The fraction of sp³-hybridized carbons (Fsp3) is 0.846. The summed E-state index contributed by atoms with van der Waals surface area (Å²) in [6.07, 6.45) is 1.28. The molecule has 0 aliphatic carbocycles. The van der Waals surface area contributed by atoms with Crippen LogP contribution in [0.5, 0.6) is 0 Å². The molecule has 106 valence electrons. The lowest BCUT2D eigenvalue weighted by atomic mass is 10.2. The molecule has 5 nitrogen and oxygen atoms in total. The largest absolute Gasteiger partial charge is 0.352 e. The summed E-state index contributed by atoms with van der Waals surface area (Å²) in [5.74, 6) is -0.0967. The monoisotopic (exact) mass is 257 g/mol. The topological polar surface area (TPSA) is 61.4 Å². The first-order chi connectivity index (χ1) is 8.32. The molecular weight excluding hydrogens is 230 g/mol. The van der Waals surface area contributed by atoms with E-state index in [1.54, 1.807) is 7.05 Å². The molecule has 0 bridgehead atoms. The van der Waals surface area contributed by atoms with E-state index in [0.29, 0.717) is 12.5 Å². The molecule has 0 aromatic carbocycles. The van der Waals surface area contributed by atoms with Crippen LogP contribution in [0.4, 0.5) is 0 Å². The van der Waals surface area contributed by atoms with Gasteiger partial charge in [-0.15, -0.1) is 0 Å². The van der Waals surface area contributed by atoms with Crippen molar-refractivity contribution in [1.82, 2.24) is 15.5 Å². The normalized spacial score (nSPS) is 10.8. The summed E-state index contributed by atoms with van der Waals surface area (Å²) in [6, 6.07) is 0.547. The number of rotatable bonds is 8. The lowest BCUT2D eigenvalue weighted by molar-refractivity contribution is -0.134.